The number of carbonyl (C=O) groups is 4. The summed E-state index contributed by atoms with van der Waals surface area (Å²) >= 11 is 1.36. The Morgan fingerprint density at radius 3 is 1.92 bits per heavy atom. The first-order valence-electron chi connectivity index (χ1n) is 17.0. The third kappa shape index (κ3) is 8.48. The van der Waals surface area contributed by atoms with Crippen molar-refractivity contribution >= 4 is 61.5 Å². The molecule has 13 heteroatoms. The van der Waals surface area contributed by atoms with Crippen molar-refractivity contribution < 1.29 is 37.8 Å². The van der Waals surface area contributed by atoms with Crippen LogP contribution < -0.4 is 14.9 Å². The van der Waals surface area contributed by atoms with Crippen LogP contribution in [0.3, 0.4) is 0 Å². The third-order valence-electron chi connectivity index (χ3n) is 9.20. The number of carboxylic acid groups (broad SMARTS) is 2. The van der Waals surface area contributed by atoms with Crippen LogP contribution in [0.4, 0.5) is 16.4 Å². The molecule has 0 fully saturated rings. The van der Waals surface area contributed by atoms with Gasteiger partial charge in [0.25, 0.3) is 21.8 Å². The van der Waals surface area contributed by atoms with Gasteiger partial charge in [-0.15, -0.1) is 11.3 Å². The van der Waals surface area contributed by atoms with Crippen molar-refractivity contribution in [3.05, 3.63) is 141 Å². The molecule has 4 N–H and O–H groups in total. The molecule has 5 aromatic rings. The normalized spacial score (nSPS) is 12.4. The molecule has 0 bridgehead atoms. The molecular formula is C40H37N3O8S2. The minimum Gasteiger partial charge on any atom is -0.478 e. The monoisotopic (exact) mass is 751 g/mol. The molecule has 1 heterocycles. The van der Waals surface area contributed by atoms with E-state index in [0.29, 0.717) is 22.7 Å². The van der Waals surface area contributed by atoms with E-state index in [1.54, 1.807) is 12.1 Å². The number of fused-ring (bicyclic) bond motifs is 1. The summed E-state index contributed by atoms with van der Waals surface area (Å²) in [6, 6.07) is 25.5. The van der Waals surface area contributed by atoms with Gasteiger partial charge < -0.3 is 20.8 Å². The maximum Gasteiger partial charge on any atom is 0.335 e. The number of carboxylic acids is 2. The van der Waals surface area contributed by atoms with Crippen LogP contribution in [0.15, 0.2) is 102 Å². The van der Waals surface area contributed by atoms with Crippen LogP contribution in [0, 0.1) is 0 Å². The van der Waals surface area contributed by atoms with Gasteiger partial charge in [0.1, 0.15) is 5.00 Å². The second kappa shape index (κ2) is 15.8. The minimum atomic E-state index is -4.11. The van der Waals surface area contributed by atoms with Gasteiger partial charge in [-0.05, 0) is 128 Å². The molecular weight excluding hydrogens is 715 g/mol. The number of nitrogens with one attached hydrogen (secondary N) is 2. The number of nitrogens with zero attached hydrogens (tertiary/aromatic N) is 1. The van der Waals surface area contributed by atoms with E-state index in [9.17, 15) is 32.7 Å². The van der Waals surface area contributed by atoms with Crippen LogP contribution >= 0.6 is 11.3 Å². The molecule has 11 nitrogen and oxygen atoms in total. The Morgan fingerprint density at radius 2 is 1.30 bits per heavy atom. The molecule has 6 rings (SSSR count). The summed E-state index contributed by atoms with van der Waals surface area (Å²) < 4.78 is 28.0. The highest BCUT2D eigenvalue weighted by molar-refractivity contribution is 7.92. The molecule has 1 aromatic heterocycles. The predicted molar refractivity (Wildman–Crippen MR) is 204 cm³/mol. The summed E-state index contributed by atoms with van der Waals surface area (Å²) in [5, 5.41) is 24.5. The second-order valence-corrected chi connectivity index (χ2v) is 15.8. The number of aryl methyl sites for hydroxylation is 3. The van der Waals surface area contributed by atoms with Gasteiger partial charge in [0, 0.05) is 23.2 Å². The van der Waals surface area contributed by atoms with Gasteiger partial charge in [-0.25, -0.2) is 18.0 Å². The number of benzene rings is 4. The number of thiophene rings is 1. The van der Waals surface area contributed by atoms with Crippen molar-refractivity contribution in [2.45, 2.75) is 49.8 Å². The lowest BCUT2D eigenvalue weighted by atomic mass is 9.95. The molecule has 53 heavy (non-hydrogen) atoms. The van der Waals surface area contributed by atoms with Gasteiger partial charge >= 0.3 is 11.9 Å². The fourth-order valence-electron chi connectivity index (χ4n) is 6.24. The summed E-state index contributed by atoms with van der Waals surface area (Å²) in [5.74, 6) is -2.99. The topological polar surface area (TPSA) is 170 Å². The van der Waals surface area contributed by atoms with Crippen LogP contribution in [0.25, 0.3) is 0 Å². The number of hydrogen-bond donors (Lipinski definition) is 4. The predicted octanol–water partition coefficient (Wildman–Crippen LogP) is 7.53. The van der Waals surface area contributed by atoms with E-state index in [2.05, 4.69) is 10.6 Å². The third-order valence-corrected chi connectivity index (χ3v) is 12.2. The average molecular weight is 752 g/mol. The van der Waals surface area contributed by atoms with Gasteiger partial charge in [0.15, 0.2) is 0 Å². The highest BCUT2D eigenvalue weighted by Crippen LogP contribution is 2.39. The van der Waals surface area contributed by atoms with Crippen molar-refractivity contribution in [1.82, 2.24) is 0 Å². The maximum atomic E-state index is 13.8. The first-order valence-corrected chi connectivity index (χ1v) is 19.3. The molecule has 1 aliphatic rings. The van der Waals surface area contributed by atoms with E-state index in [0.717, 1.165) is 64.4 Å². The van der Waals surface area contributed by atoms with Gasteiger partial charge in [0.2, 0.25) is 0 Å². The molecule has 4 aromatic carbocycles. The fourth-order valence-corrected chi connectivity index (χ4v) is 8.76. The Kier molecular flexibility index (Phi) is 11.1. The molecule has 2 amide bonds. The highest BCUT2D eigenvalue weighted by Gasteiger charge is 2.28. The second-order valence-electron chi connectivity index (χ2n) is 12.7. The summed E-state index contributed by atoms with van der Waals surface area (Å²) in [6.07, 6.45) is 5.87. The molecule has 1 aliphatic carbocycles. The Labute approximate surface area is 311 Å². The number of aromatic carboxylic acids is 2. The number of hydrogen-bond acceptors (Lipinski definition) is 7. The van der Waals surface area contributed by atoms with E-state index in [4.69, 9.17) is 5.11 Å². The van der Waals surface area contributed by atoms with Crippen LogP contribution in [0.2, 0.25) is 0 Å². The van der Waals surface area contributed by atoms with E-state index >= 15 is 0 Å². The van der Waals surface area contributed by atoms with Gasteiger partial charge in [0.05, 0.1) is 27.3 Å². The smallest absolute Gasteiger partial charge is 0.335 e. The van der Waals surface area contributed by atoms with Gasteiger partial charge in [-0.1, -0.05) is 30.3 Å². The number of anilines is 3. The van der Waals surface area contributed by atoms with Crippen LogP contribution in [-0.4, -0.2) is 49.4 Å². The van der Waals surface area contributed by atoms with Crippen LogP contribution in [0.5, 0.6) is 0 Å². The van der Waals surface area contributed by atoms with Crippen molar-refractivity contribution in [1.29, 1.82) is 0 Å². The maximum absolute atomic E-state index is 13.8. The first kappa shape index (κ1) is 37.0. The lowest BCUT2D eigenvalue weighted by Gasteiger charge is -2.20. The standard InChI is InChI=1S/C40H37N3O8S2/c1-43(31-22-18-28(19-23-31)40(48)49)53(50,51)32-9-5-8-29(24-32)36(44)42-38-35(33-10-2-3-11-34(33)52-38)37(45)41-30-20-14-26(15-21-30)7-4-6-25-12-16-27(17-13-25)39(46)47/h5,8-9,12-24H,2-4,6-7,10-11H2,1H3,(H,41,45)(H,42,44)(H,46,47)(H,48,49). The number of amides is 2. The molecule has 0 saturated carbocycles. The average Bonchev–Trinajstić information content (AvgIpc) is 3.53. The Balaban J connectivity index is 1.14. The van der Waals surface area contributed by atoms with E-state index in [1.807, 2.05) is 36.4 Å². The number of carbonyl (C=O) groups excluding carboxylic acids is 2. The molecule has 0 saturated heterocycles. The Hall–Kier alpha value is -5.79. The molecule has 0 aliphatic heterocycles. The fraction of sp³-hybridized carbons (Fsp3) is 0.200. The molecule has 0 unspecified atom stereocenters. The molecule has 272 valence electrons. The zero-order valence-electron chi connectivity index (χ0n) is 28.8. The molecule has 0 atom stereocenters. The summed E-state index contributed by atoms with van der Waals surface area (Å²) in [7, 11) is -2.76. The van der Waals surface area contributed by atoms with Crippen molar-refractivity contribution in [3.8, 4) is 0 Å². The van der Waals surface area contributed by atoms with Crippen molar-refractivity contribution in [3.63, 3.8) is 0 Å². The zero-order valence-corrected chi connectivity index (χ0v) is 30.4. The van der Waals surface area contributed by atoms with E-state index in [-0.39, 0.29) is 33.2 Å². The quantitative estimate of drug-likeness (QED) is 0.0957. The Bertz CT molecular complexity index is 2280. The summed E-state index contributed by atoms with van der Waals surface area (Å²) in [6.45, 7) is 0. The lowest BCUT2D eigenvalue weighted by Crippen LogP contribution is -2.27. The van der Waals surface area contributed by atoms with E-state index in [1.165, 1.54) is 66.9 Å². The molecule has 0 radical (unpaired) electrons. The zero-order chi connectivity index (χ0) is 37.7. The first-order chi connectivity index (χ1) is 25.4. The number of rotatable bonds is 13. The van der Waals surface area contributed by atoms with Gasteiger partial charge in [-0.2, -0.15) is 0 Å². The van der Waals surface area contributed by atoms with Crippen LogP contribution in [-0.2, 0) is 35.7 Å². The summed E-state index contributed by atoms with van der Waals surface area (Å²) in [5.41, 5.74) is 4.70. The lowest BCUT2D eigenvalue weighted by molar-refractivity contribution is 0.0686. The SMILES string of the molecule is CN(c1ccc(C(=O)O)cc1)S(=O)(=O)c1cccc(C(=O)Nc2sc3c(c2C(=O)Nc2ccc(CCCc4ccc(C(=O)O)cc4)cc2)CCCC3)c1. The summed E-state index contributed by atoms with van der Waals surface area (Å²) in [4.78, 5) is 50.6. The largest absolute Gasteiger partial charge is 0.478 e. The van der Waals surface area contributed by atoms with Gasteiger partial charge in [-0.3, -0.25) is 13.9 Å². The highest BCUT2D eigenvalue weighted by atomic mass is 32.2. The molecule has 0 spiro atoms. The van der Waals surface area contributed by atoms with E-state index < -0.39 is 27.9 Å². The van der Waals surface area contributed by atoms with Crippen LogP contribution in [0.1, 0.15) is 82.3 Å². The van der Waals surface area contributed by atoms with Crippen molar-refractivity contribution in [2.24, 2.45) is 0 Å². The number of sulfonamides is 1. The Morgan fingerprint density at radius 1 is 0.717 bits per heavy atom. The van der Waals surface area contributed by atoms with Crippen molar-refractivity contribution in [2.75, 3.05) is 22.0 Å². The minimum absolute atomic E-state index is 0.0202.